The maximum absolute atomic E-state index is 12.6. The summed E-state index contributed by atoms with van der Waals surface area (Å²) in [7, 11) is 0. The lowest BCUT2D eigenvalue weighted by Gasteiger charge is -2.06. The molecule has 0 fully saturated rings. The average molecular weight is 291 g/mol. The van der Waals surface area contributed by atoms with Gasteiger partial charge in [0.05, 0.1) is 0 Å². The zero-order valence-corrected chi connectivity index (χ0v) is 12.0. The largest absolute Gasteiger partial charge is 0.383 e. The van der Waals surface area contributed by atoms with Crippen LogP contribution in [0, 0.1) is 0 Å². The summed E-state index contributed by atoms with van der Waals surface area (Å²) in [4.78, 5) is 4.57. The highest BCUT2D eigenvalue weighted by atomic mass is 19.3. The van der Waals surface area contributed by atoms with Crippen LogP contribution < -0.4 is 5.73 Å². The van der Waals surface area contributed by atoms with Crippen molar-refractivity contribution in [2.75, 3.05) is 5.73 Å². The van der Waals surface area contributed by atoms with Crippen molar-refractivity contribution in [2.45, 2.75) is 32.7 Å². The van der Waals surface area contributed by atoms with Crippen molar-refractivity contribution in [1.82, 2.24) is 9.55 Å². The molecular weight excluding hydrogens is 272 g/mol. The van der Waals surface area contributed by atoms with Crippen molar-refractivity contribution in [3.05, 3.63) is 48.3 Å². The topological polar surface area (TPSA) is 43.8 Å². The SMILES string of the molecule is C=CCn1c(CCC)nc(-c2ccc(C(F)F)cc2)c1N. The van der Waals surface area contributed by atoms with E-state index in [4.69, 9.17) is 5.73 Å². The molecule has 0 radical (unpaired) electrons. The Labute approximate surface area is 123 Å². The first-order valence-corrected chi connectivity index (χ1v) is 6.92. The van der Waals surface area contributed by atoms with Crippen LogP contribution in [-0.4, -0.2) is 9.55 Å². The Morgan fingerprint density at radius 2 is 2.00 bits per heavy atom. The zero-order chi connectivity index (χ0) is 15.4. The predicted molar refractivity (Wildman–Crippen MR) is 81.2 cm³/mol. The minimum Gasteiger partial charge on any atom is -0.383 e. The molecule has 0 unspecified atom stereocenters. The molecule has 0 aliphatic heterocycles. The van der Waals surface area contributed by atoms with Crippen LogP contribution in [-0.2, 0) is 13.0 Å². The van der Waals surface area contributed by atoms with Gasteiger partial charge in [0.15, 0.2) is 0 Å². The first-order chi connectivity index (χ1) is 10.1. The van der Waals surface area contributed by atoms with Crippen molar-refractivity contribution in [1.29, 1.82) is 0 Å². The molecule has 1 heterocycles. The van der Waals surface area contributed by atoms with Gasteiger partial charge in [0.1, 0.15) is 17.3 Å². The molecule has 0 amide bonds. The molecule has 0 bridgehead atoms. The molecule has 0 saturated heterocycles. The van der Waals surface area contributed by atoms with Crippen molar-refractivity contribution in [3.63, 3.8) is 0 Å². The number of hydrogen-bond donors (Lipinski definition) is 1. The fourth-order valence-corrected chi connectivity index (χ4v) is 2.26. The first-order valence-electron chi connectivity index (χ1n) is 6.92. The molecule has 2 N–H and O–H groups in total. The van der Waals surface area contributed by atoms with Crippen LogP contribution >= 0.6 is 0 Å². The van der Waals surface area contributed by atoms with E-state index in [0.29, 0.717) is 18.1 Å². The van der Waals surface area contributed by atoms with E-state index >= 15 is 0 Å². The van der Waals surface area contributed by atoms with Gasteiger partial charge in [0, 0.05) is 24.1 Å². The quantitative estimate of drug-likeness (QED) is 0.810. The smallest absolute Gasteiger partial charge is 0.263 e. The molecule has 1 aromatic carbocycles. The number of nitrogens with zero attached hydrogens (tertiary/aromatic N) is 2. The Hall–Kier alpha value is -2.17. The molecule has 112 valence electrons. The summed E-state index contributed by atoms with van der Waals surface area (Å²) in [6.07, 6.45) is 1.07. The summed E-state index contributed by atoms with van der Waals surface area (Å²) in [5, 5.41) is 0. The summed E-state index contributed by atoms with van der Waals surface area (Å²) < 4.78 is 27.1. The maximum atomic E-state index is 12.6. The summed E-state index contributed by atoms with van der Waals surface area (Å²) in [5.41, 5.74) is 7.54. The highest BCUT2D eigenvalue weighted by Gasteiger charge is 2.15. The number of allylic oxidation sites excluding steroid dienone is 1. The van der Waals surface area contributed by atoms with E-state index < -0.39 is 6.43 Å². The van der Waals surface area contributed by atoms with Gasteiger partial charge in [0.25, 0.3) is 6.43 Å². The zero-order valence-electron chi connectivity index (χ0n) is 12.0. The second-order valence-electron chi connectivity index (χ2n) is 4.83. The summed E-state index contributed by atoms with van der Waals surface area (Å²) in [5.74, 6) is 1.44. The number of benzene rings is 1. The third kappa shape index (κ3) is 3.12. The molecule has 2 aromatic rings. The molecule has 21 heavy (non-hydrogen) atoms. The Kier molecular flexibility index (Phi) is 4.73. The van der Waals surface area contributed by atoms with Crippen molar-refractivity contribution < 1.29 is 8.78 Å². The van der Waals surface area contributed by atoms with Crippen LogP contribution in [0.4, 0.5) is 14.6 Å². The Balaban J connectivity index is 2.43. The van der Waals surface area contributed by atoms with Crippen LogP contribution in [0.3, 0.4) is 0 Å². The number of aromatic nitrogens is 2. The average Bonchev–Trinajstić information content (AvgIpc) is 2.77. The minimum atomic E-state index is -2.47. The summed E-state index contributed by atoms with van der Waals surface area (Å²) >= 11 is 0. The van der Waals surface area contributed by atoms with Gasteiger partial charge in [0.2, 0.25) is 0 Å². The van der Waals surface area contributed by atoms with E-state index in [2.05, 4.69) is 18.5 Å². The summed E-state index contributed by atoms with van der Waals surface area (Å²) in [6.45, 7) is 6.38. The van der Waals surface area contributed by atoms with Gasteiger partial charge >= 0.3 is 0 Å². The lowest BCUT2D eigenvalue weighted by atomic mass is 10.1. The molecular formula is C16H19F2N3. The van der Waals surface area contributed by atoms with Crippen molar-refractivity contribution >= 4 is 5.82 Å². The van der Waals surface area contributed by atoms with Gasteiger partial charge in [-0.3, -0.25) is 0 Å². The number of anilines is 1. The number of nitrogens with two attached hydrogens (primary N) is 1. The molecule has 1 aromatic heterocycles. The van der Waals surface area contributed by atoms with Crippen molar-refractivity contribution in [3.8, 4) is 11.3 Å². The molecule has 0 spiro atoms. The predicted octanol–water partition coefficient (Wildman–Crippen LogP) is 4.21. The Morgan fingerprint density at radius 1 is 1.33 bits per heavy atom. The fourth-order valence-electron chi connectivity index (χ4n) is 2.26. The second-order valence-corrected chi connectivity index (χ2v) is 4.83. The van der Waals surface area contributed by atoms with Gasteiger partial charge in [-0.2, -0.15) is 0 Å². The highest BCUT2D eigenvalue weighted by molar-refractivity contribution is 5.71. The lowest BCUT2D eigenvalue weighted by Crippen LogP contribution is -2.05. The van der Waals surface area contributed by atoms with Crippen LogP contribution in [0.15, 0.2) is 36.9 Å². The highest BCUT2D eigenvalue weighted by Crippen LogP contribution is 2.29. The van der Waals surface area contributed by atoms with Gasteiger partial charge in [-0.25, -0.2) is 13.8 Å². The van der Waals surface area contributed by atoms with Crippen LogP contribution in [0.25, 0.3) is 11.3 Å². The standard InChI is InChI=1S/C16H19F2N3/c1-3-5-13-20-14(16(19)21(13)10-4-2)11-6-8-12(9-7-11)15(17)18/h4,6-9,15H,2-3,5,10,19H2,1H3. The fraction of sp³-hybridized carbons (Fsp3) is 0.312. The number of aryl methyl sites for hydroxylation is 1. The van der Waals surface area contributed by atoms with E-state index in [0.717, 1.165) is 24.2 Å². The number of alkyl halides is 2. The van der Waals surface area contributed by atoms with Crippen LogP contribution in [0.1, 0.15) is 31.2 Å². The molecule has 2 rings (SSSR count). The van der Waals surface area contributed by atoms with E-state index in [-0.39, 0.29) is 5.56 Å². The Bertz CT molecular complexity index is 615. The number of halogens is 2. The van der Waals surface area contributed by atoms with Gasteiger partial charge in [-0.05, 0) is 6.42 Å². The van der Waals surface area contributed by atoms with E-state index in [1.54, 1.807) is 18.2 Å². The molecule has 0 aliphatic carbocycles. The van der Waals surface area contributed by atoms with E-state index in [1.807, 2.05) is 4.57 Å². The van der Waals surface area contributed by atoms with Gasteiger partial charge in [-0.1, -0.05) is 37.3 Å². The van der Waals surface area contributed by atoms with E-state index in [9.17, 15) is 8.78 Å². The molecule has 0 atom stereocenters. The number of imidazole rings is 1. The van der Waals surface area contributed by atoms with Gasteiger partial charge in [-0.15, -0.1) is 6.58 Å². The van der Waals surface area contributed by atoms with E-state index in [1.165, 1.54) is 12.1 Å². The molecule has 5 heteroatoms. The molecule has 3 nitrogen and oxygen atoms in total. The third-order valence-electron chi connectivity index (χ3n) is 3.31. The summed E-state index contributed by atoms with van der Waals surface area (Å²) in [6, 6.07) is 6.08. The first kappa shape index (κ1) is 15.2. The van der Waals surface area contributed by atoms with Crippen molar-refractivity contribution in [2.24, 2.45) is 0 Å². The number of nitrogen functional groups attached to an aromatic ring is 1. The minimum absolute atomic E-state index is 0.00312. The normalized spacial score (nSPS) is 11.0. The maximum Gasteiger partial charge on any atom is 0.263 e. The molecule has 0 aliphatic rings. The lowest BCUT2D eigenvalue weighted by molar-refractivity contribution is 0.151. The second kappa shape index (κ2) is 6.52. The number of hydrogen-bond acceptors (Lipinski definition) is 2. The number of rotatable bonds is 6. The third-order valence-corrected chi connectivity index (χ3v) is 3.31. The molecule has 0 saturated carbocycles. The monoisotopic (exact) mass is 291 g/mol. The van der Waals surface area contributed by atoms with Gasteiger partial charge < -0.3 is 10.3 Å². The van der Waals surface area contributed by atoms with Crippen LogP contribution in [0.5, 0.6) is 0 Å². The van der Waals surface area contributed by atoms with Crippen LogP contribution in [0.2, 0.25) is 0 Å². The Morgan fingerprint density at radius 3 is 2.52 bits per heavy atom.